The second-order valence-corrected chi connectivity index (χ2v) is 7.11. The molecule has 30 heavy (non-hydrogen) atoms. The third-order valence-electron chi connectivity index (χ3n) is 5.12. The van der Waals surface area contributed by atoms with Crippen LogP contribution in [0.25, 0.3) is 0 Å². The number of ether oxygens (including phenoxy) is 1. The molecule has 0 unspecified atom stereocenters. The Labute approximate surface area is 175 Å². The first kappa shape index (κ1) is 19.6. The second kappa shape index (κ2) is 8.77. The smallest absolute Gasteiger partial charge is 0.275 e. The van der Waals surface area contributed by atoms with Crippen molar-refractivity contribution in [2.75, 3.05) is 41.9 Å². The van der Waals surface area contributed by atoms with Crippen molar-refractivity contribution >= 4 is 23.2 Å². The zero-order chi connectivity index (χ0) is 20.9. The molecule has 0 bridgehead atoms. The van der Waals surface area contributed by atoms with E-state index in [1.54, 1.807) is 25.4 Å². The summed E-state index contributed by atoms with van der Waals surface area (Å²) >= 11 is 0. The molecule has 0 aromatic carbocycles. The number of carbonyl (C=O) groups is 1. The van der Waals surface area contributed by atoms with Crippen molar-refractivity contribution in [2.24, 2.45) is 0 Å². The number of hydrogen-bond acceptors (Lipinski definition) is 7. The van der Waals surface area contributed by atoms with Crippen LogP contribution in [0.2, 0.25) is 0 Å². The van der Waals surface area contributed by atoms with Crippen molar-refractivity contribution in [1.82, 2.24) is 15.0 Å². The Balaban J connectivity index is 1.39. The molecule has 1 atom stereocenters. The predicted octanol–water partition coefficient (Wildman–Crippen LogP) is 2.85. The molecule has 3 aromatic rings. The molecule has 0 spiro atoms. The van der Waals surface area contributed by atoms with E-state index in [0.717, 1.165) is 31.1 Å². The molecule has 154 valence electrons. The van der Waals surface area contributed by atoms with Crippen LogP contribution >= 0.6 is 0 Å². The molecule has 0 saturated carbocycles. The minimum absolute atomic E-state index is 0.277. The number of hydrogen-bond donors (Lipinski definition) is 1. The van der Waals surface area contributed by atoms with Gasteiger partial charge in [0.15, 0.2) is 0 Å². The Morgan fingerprint density at radius 2 is 2.00 bits per heavy atom. The zero-order valence-electron chi connectivity index (χ0n) is 17.0. The van der Waals surface area contributed by atoms with E-state index >= 15 is 0 Å². The third-order valence-corrected chi connectivity index (χ3v) is 5.12. The highest BCUT2D eigenvalue weighted by Gasteiger charge is 2.24. The summed E-state index contributed by atoms with van der Waals surface area (Å²) in [6.45, 7) is 4.84. The van der Waals surface area contributed by atoms with Gasteiger partial charge in [0.25, 0.3) is 5.91 Å². The van der Waals surface area contributed by atoms with Gasteiger partial charge in [-0.3, -0.25) is 9.78 Å². The zero-order valence-corrected chi connectivity index (χ0v) is 17.0. The molecule has 8 nitrogen and oxygen atoms in total. The van der Waals surface area contributed by atoms with Gasteiger partial charge in [-0.05, 0) is 37.3 Å². The van der Waals surface area contributed by atoms with E-state index < -0.39 is 0 Å². The summed E-state index contributed by atoms with van der Waals surface area (Å²) < 4.78 is 5.14. The highest BCUT2D eigenvalue weighted by Crippen LogP contribution is 2.23. The lowest BCUT2D eigenvalue weighted by molar-refractivity contribution is 0.102. The van der Waals surface area contributed by atoms with Crippen LogP contribution < -0.4 is 19.9 Å². The van der Waals surface area contributed by atoms with Crippen LogP contribution in [0.1, 0.15) is 17.4 Å². The van der Waals surface area contributed by atoms with Crippen molar-refractivity contribution in [3.05, 3.63) is 66.7 Å². The second-order valence-electron chi connectivity index (χ2n) is 7.11. The summed E-state index contributed by atoms with van der Waals surface area (Å²) in [6.07, 6.45) is 5.15. The number of methoxy groups -OCH3 is 1. The average molecular weight is 404 g/mol. The molecule has 0 radical (unpaired) electrons. The fourth-order valence-electron chi connectivity index (χ4n) is 3.56. The maximum Gasteiger partial charge on any atom is 0.275 e. The van der Waals surface area contributed by atoms with Crippen molar-refractivity contribution < 1.29 is 9.53 Å². The highest BCUT2D eigenvalue weighted by atomic mass is 16.5. The van der Waals surface area contributed by atoms with E-state index in [1.807, 2.05) is 36.5 Å². The van der Waals surface area contributed by atoms with Crippen LogP contribution in [0.4, 0.5) is 17.3 Å². The normalized spacial score (nSPS) is 16.3. The van der Waals surface area contributed by atoms with Gasteiger partial charge in [0, 0.05) is 44.1 Å². The van der Waals surface area contributed by atoms with E-state index in [2.05, 4.69) is 37.0 Å². The lowest BCUT2D eigenvalue weighted by atomic mass is 10.1. The fourth-order valence-corrected chi connectivity index (χ4v) is 3.56. The van der Waals surface area contributed by atoms with Gasteiger partial charge in [-0.15, -0.1) is 0 Å². The van der Waals surface area contributed by atoms with E-state index in [4.69, 9.17) is 4.74 Å². The summed E-state index contributed by atoms with van der Waals surface area (Å²) in [5, 5.41) is 2.78. The van der Waals surface area contributed by atoms with E-state index in [0.29, 0.717) is 17.6 Å². The van der Waals surface area contributed by atoms with Gasteiger partial charge in [0.05, 0.1) is 19.0 Å². The van der Waals surface area contributed by atoms with Crippen molar-refractivity contribution in [3.63, 3.8) is 0 Å². The van der Waals surface area contributed by atoms with E-state index in [1.165, 1.54) is 6.20 Å². The summed E-state index contributed by atoms with van der Waals surface area (Å²) in [4.78, 5) is 30.0. The molecule has 1 fully saturated rings. The van der Waals surface area contributed by atoms with Gasteiger partial charge in [-0.1, -0.05) is 6.07 Å². The van der Waals surface area contributed by atoms with Gasteiger partial charge in [0.1, 0.15) is 23.1 Å². The number of pyridine rings is 3. The number of anilines is 3. The molecule has 1 amide bonds. The molecule has 1 saturated heterocycles. The largest absolute Gasteiger partial charge is 0.497 e. The van der Waals surface area contributed by atoms with Gasteiger partial charge in [0.2, 0.25) is 0 Å². The summed E-state index contributed by atoms with van der Waals surface area (Å²) in [5.41, 5.74) is 1.31. The van der Waals surface area contributed by atoms with Gasteiger partial charge >= 0.3 is 0 Å². The number of amides is 1. The number of aromatic nitrogens is 3. The van der Waals surface area contributed by atoms with Crippen LogP contribution in [0.15, 0.2) is 61.1 Å². The number of rotatable bonds is 5. The quantitative estimate of drug-likeness (QED) is 0.700. The Morgan fingerprint density at radius 1 is 1.10 bits per heavy atom. The maximum atomic E-state index is 12.4. The summed E-state index contributed by atoms with van der Waals surface area (Å²) in [5.74, 6) is 1.74. The highest BCUT2D eigenvalue weighted by molar-refractivity contribution is 6.02. The van der Waals surface area contributed by atoms with Gasteiger partial charge < -0.3 is 19.9 Å². The van der Waals surface area contributed by atoms with E-state index in [9.17, 15) is 4.79 Å². The minimum Gasteiger partial charge on any atom is -0.497 e. The van der Waals surface area contributed by atoms with Gasteiger partial charge in [-0.25, -0.2) is 9.97 Å². The number of carbonyl (C=O) groups excluding carboxylic acids is 1. The Hall–Kier alpha value is -3.68. The molecule has 0 aliphatic carbocycles. The molecule has 4 heterocycles. The SMILES string of the molecule is COc1ccnc(C(=O)Nc2ccc(N3CCN(c4ccccn4)C[C@@H]3C)cn2)c1. The average Bonchev–Trinajstić information content (AvgIpc) is 2.80. The summed E-state index contributed by atoms with van der Waals surface area (Å²) in [7, 11) is 1.55. The molecular formula is C22H24N6O2. The minimum atomic E-state index is -0.327. The maximum absolute atomic E-state index is 12.4. The third kappa shape index (κ3) is 4.32. The van der Waals surface area contributed by atoms with Crippen LogP contribution in [-0.4, -0.2) is 53.6 Å². The van der Waals surface area contributed by atoms with Crippen molar-refractivity contribution in [3.8, 4) is 5.75 Å². The molecule has 4 rings (SSSR count). The molecule has 1 aliphatic heterocycles. The van der Waals surface area contributed by atoms with Crippen LogP contribution in [0.3, 0.4) is 0 Å². The lowest BCUT2D eigenvalue weighted by Crippen LogP contribution is -2.52. The van der Waals surface area contributed by atoms with Crippen molar-refractivity contribution in [1.29, 1.82) is 0 Å². The van der Waals surface area contributed by atoms with Crippen LogP contribution in [-0.2, 0) is 0 Å². The molecule has 1 N–H and O–H groups in total. The Bertz CT molecular complexity index is 996. The first-order chi connectivity index (χ1) is 14.6. The number of piperazine rings is 1. The fraction of sp³-hybridized carbons (Fsp3) is 0.273. The summed E-state index contributed by atoms with van der Waals surface area (Å²) in [6, 6.07) is 13.4. The first-order valence-electron chi connectivity index (χ1n) is 9.84. The lowest BCUT2D eigenvalue weighted by Gasteiger charge is -2.41. The van der Waals surface area contributed by atoms with Crippen molar-refractivity contribution in [2.45, 2.75) is 13.0 Å². The predicted molar refractivity (Wildman–Crippen MR) is 116 cm³/mol. The molecule has 1 aliphatic rings. The molecular weight excluding hydrogens is 380 g/mol. The van der Waals surface area contributed by atoms with E-state index in [-0.39, 0.29) is 11.6 Å². The molecule has 8 heteroatoms. The first-order valence-corrected chi connectivity index (χ1v) is 9.84. The number of nitrogens with zero attached hydrogens (tertiary/aromatic N) is 5. The number of nitrogens with one attached hydrogen (secondary N) is 1. The standard InChI is InChI=1S/C22H24N6O2/c1-16-15-27(21-5-3-4-9-24-21)11-12-28(16)17-6-7-20(25-14-17)26-22(29)19-13-18(30-2)8-10-23-19/h3-10,13-14,16H,11-12,15H2,1-2H3,(H,25,26,29)/t16-/m0/s1. The Morgan fingerprint density at radius 3 is 2.70 bits per heavy atom. The monoisotopic (exact) mass is 404 g/mol. The van der Waals surface area contributed by atoms with Crippen LogP contribution in [0, 0.1) is 0 Å². The van der Waals surface area contributed by atoms with Gasteiger partial charge in [-0.2, -0.15) is 0 Å². The Kier molecular flexibility index (Phi) is 5.74. The molecule has 3 aromatic heterocycles. The van der Waals surface area contributed by atoms with Crippen LogP contribution in [0.5, 0.6) is 5.75 Å². The topological polar surface area (TPSA) is 83.5 Å².